The first kappa shape index (κ1) is 19.1. The Morgan fingerprint density at radius 3 is 2.43 bits per heavy atom. The molecule has 0 aliphatic rings. The van der Waals surface area contributed by atoms with E-state index in [1.165, 1.54) is 13.8 Å². The third-order valence-corrected chi connectivity index (χ3v) is 3.91. The zero-order valence-corrected chi connectivity index (χ0v) is 14.4. The third-order valence-electron chi connectivity index (χ3n) is 3.91. The van der Waals surface area contributed by atoms with Crippen molar-refractivity contribution in [2.45, 2.75) is 20.0 Å². The number of rotatable bonds is 3. The van der Waals surface area contributed by atoms with Crippen molar-refractivity contribution in [3.8, 4) is 34.2 Å². The molecular weight excluding hydrogens is 383 g/mol. The highest BCUT2D eigenvalue weighted by molar-refractivity contribution is 5.72. The fourth-order valence-corrected chi connectivity index (χ4v) is 2.73. The van der Waals surface area contributed by atoms with Crippen molar-refractivity contribution in [2.75, 3.05) is 0 Å². The molecule has 0 radical (unpaired) electrons. The summed E-state index contributed by atoms with van der Waals surface area (Å²) in [4.78, 5) is 18.0. The molecule has 0 aliphatic heterocycles. The molecule has 0 atom stereocenters. The van der Waals surface area contributed by atoms with Crippen LogP contribution >= 0.6 is 0 Å². The van der Waals surface area contributed by atoms with E-state index in [2.05, 4.69) is 9.97 Å². The third kappa shape index (κ3) is 3.33. The fourth-order valence-electron chi connectivity index (χ4n) is 2.73. The minimum absolute atomic E-state index is 0.0247. The molecule has 11 heteroatoms. The Kier molecular flexibility index (Phi) is 4.45. The van der Waals surface area contributed by atoms with Gasteiger partial charge in [0.15, 0.2) is 5.75 Å². The van der Waals surface area contributed by atoms with Gasteiger partial charge in [-0.3, -0.25) is 15.1 Å². The minimum atomic E-state index is -4.68. The zero-order chi connectivity index (χ0) is 20.8. The Hall–Kier alpha value is -3.63. The summed E-state index contributed by atoms with van der Waals surface area (Å²) in [5.74, 6) is -2.10. The highest BCUT2D eigenvalue weighted by Crippen LogP contribution is 2.41. The number of benzene rings is 1. The molecule has 146 valence electrons. The number of aromatic nitrogens is 2. The highest BCUT2D eigenvalue weighted by atomic mass is 19.4. The second-order valence-electron chi connectivity index (χ2n) is 5.93. The zero-order valence-electron chi connectivity index (χ0n) is 14.4. The number of hydrogen-bond acceptors (Lipinski definition) is 7. The van der Waals surface area contributed by atoms with E-state index in [0.29, 0.717) is 0 Å². The average molecular weight is 395 g/mol. The molecule has 0 aliphatic carbocycles. The fraction of sp³-hybridized carbons (Fsp3) is 0.176. The summed E-state index contributed by atoms with van der Waals surface area (Å²) >= 11 is 0. The predicted molar refractivity (Wildman–Crippen MR) is 89.6 cm³/mol. The second-order valence-corrected chi connectivity index (χ2v) is 5.93. The summed E-state index contributed by atoms with van der Waals surface area (Å²) in [6.07, 6.45) is -3.69. The predicted octanol–water partition coefficient (Wildman–Crippen LogP) is 4.36. The van der Waals surface area contributed by atoms with Crippen molar-refractivity contribution in [1.82, 2.24) is 9.97 Å². The van der Waals surface area contributed by atoms with Crippen LogP contribution in [0.1, 0.15) is 17.0 Å². The number of aromatic hydroxyl groups is 2. The minimum Gasteiger partial charge on any atom is -0.504 e. The van der Waals surface area contributed by atoms with Gasteiger partial charge < -0.3 is 14.6 Å². The lowest BCUT2D eigenvalue weighted by Gasteiger charge is -2.13. The molecule has 8 nitrogen and oxygen atoms in total. The van der Waals surface area contributed by atoms with E-state index in [1.807, 2.05) is 0 Å². The van der Waals surface area contributed by atoms with Crippen LogP contribution in [0.5, 0.6) is 11.5 Å². The molecule has 2 heterocycles. The van der Waals surface area contributed by atoms with Crippen LogP contribution in [0, 0.1) is 24.0 Å². The molecule has 2 N–H and O–H groups in total. The van der Waals surface area contributed by atoms with Crippen molar-refractivity contribution in [2.24, 2.45) is 0 Å². The first-order valence-electron chi connectivity index (χ1n) is 7.71. The summed E-state index contributed by atoms with van der Waals surface area (Å²) in [6.45, 7) is 2.80. The number of hydrogen-bond donors (Lipinski definition) is 2. The van der Waals surface area contributed by atoms with E-state index < -0.39 is 33.8 Å². The molecule has 0 bridgehead atoms. The number of phenols is 2. The molecule has 0 amide bonds. The maximum Gasteiger partial charge on any atom is 0.417 e. The summed E-state index contributed by atoms with van der Waals surface area (Å²) in [5.41, 5.74) is -2.01. The van der Waals surface area contributed by atoms with E-state index >= 15 is 0 Å². The summed E-state index contributed by atoms with van der Waals surface area (Å²) in [6, 6.07) is 2.76. The van der Waals surface area contributed by atoms with Crippen LogP contribution in [0.25, 0.3) is 22.7 Å². The van der Waals surface area contributed by atoms with Crippen LogP contribution in [0.15, 0.2) is 28.9 Å². The molecule has 0 saturated carbocycles. The van der Waals surface area contributed by atoms with Gasteiger partial charge in [0.05, 0.1) is 21.7 Å². The van der Waals surface area contributed by atoms with Crippen molar-refractivity contribution >= 4 is 5.69 Å². The van der Waals surface area contributed by atoms with Gasteiger partial charge in [-0.2, -0.15) is 13.2 Å². The van der Waals surface area contributed by atoms with Gasteiger partial charge in [-0.1, -0.05) is 0 Å². The van der Waals surface area contributed by atoms with Crippen molar-refractivity contribution in [1.29, 1.82) is 0 Å². The highest BCUT2D eigenvalue weighted by Gasteiger charge is 2.36. The number of aryl methyl sites for hydroxylation is 2. The average Bonchev–Trinajstić information content (AvgIpc) is 3.05. The monoisotopic (exact) mass is 395 g/mol. The molecule has 2 aromatic heterocycles. The van der Waals surface area contributed by atoms with Gasteiger partial charge in [0.1, 0.15) is 12.0 Å². The van der Waals surface area contributed by atoms with Crippen LogP contribution in [0.3, 0.4) is 0 Å². The number of oxazole rings is 1. The van der Waals surface area contributed by atoms with Gasteiger partial charge in [-0.15, -0.1) is 0 Å². The van der Waals surface area contributed by atoms with Crippen LogP contribution < -0.4 is 0 Å². The van der Waals surface area contributed by atoms with E-state index in [1.54, 1.807) is 0 Å². The van der Waals surface area contributed by atoms with Gasteiger partial charge >= 0.3 is 11.9 Å². The van der Waals surface area contributed by atoms with E-state index in [0.717, 1.165) is 24.5 Å². The maximum atomic E-state index is 13.4. The molecule has 0 fully saturated rings. The van der Waals surface area contributed by atoms with Gasteiger partial charge in [0.2, 0.25) is 11.6 Å². The number of alkyl halides is 3. The molecule has 0 spiro atoms. The van der Waals surface area contributed by atoms with Gasteiger partial charge in [0, 0.05) is 17.3 Å². The number of nitrogens with zero attached hydrogens (tertiary/aromatic N) is 3. The number of pyridine rings is 1. The Labute approximate surface area is 155 Å². The lowest BCUT2D eigenvalue weighted by atomic mass is 10.0. The van der Waals surface area contributed by atoms with E-state index in [-0.39, 0.29) is 34.1 Å². The smallest absolute Gasteiger partial charge is 0.417 e. The van der Waals surface area contributed by atoms with Gasteiger partial charge in [-0.25, -0.2) is 4.98 Å². The van der Waals surface area contributed by atoms with Crippen LogP contribution in [-0.2, 0) is 6.18 Å². The Morgan fingerprint density at radius 2 is 1.82 bits per heavy atom. The number of phenolic OH excluding ortho intramolecular Hbond substituents is 2. The van der Waals surface area contributed by atoms with Crippen molar-refractivity contribution < 1.29 is 32.7 Å². The molecule has 3 aromatic rings. The molecule has 0 unspecified atom stereocenters. The summed E-state index contributed by atoms with van der Waals surface area (Å²) in [5, 5.41) is 30.2. The first-order valence-corrected chi connectivity index (χ1v) is 7.71. The Balaban J connectivity index is 2.16. The standard InChI is InChI=1S/C17H12F3N3O5/c1-7-3-10(17(18,19)20)14(8(2)21-7)16-22-11(6-28-16)9-4-12(23(26)27)15(25)13(24)5-9/h3-6,24-25H,1-2H3. The van der Waals surface area contributed by atoms with E-state index in [9.17, 15) is 33.5 Å². The maximum absolute atomic E-state index is 13.4. The van der Waals surface area contributed by atoms with Gasteiger partial charge in [-0.05, 0) is 26.0 Å². The van der Waals surface area contributed by atoms with Crippen molar-refractivity contribution in [3.05, 3.63) is 51.5 Å². The SMILES string of the molecule is Cc1cc(C(F)(F)F)c(-c2nc(-c3cc(O)c(O)c([N+](=O)[O-])c3)co2)c(C)n1. The van der Waals surface area contributed by atoms with Crippen LogP contribution in [0.4, 0.5) is 18.9 Å². The molecule has 0 saturated heterocycles. The van der Waals surface area contributed by atoms with E-state index in [4.69, 9.17) is 4.42 Å². The quantitative estimate of drug-likeness (QED) is 0.384. The largest absolute Gasteiger partial charge is 0.504 e. The molecule has 28 heavy (non-hydrogen) atoms. The second kappa shape index (κ2) is 6.51. The normalized spacial score (nSPS) is 11.6. The summed E-state index contributed by atoms with van der Waals surface area (Å²) < 4.78 is 45.5. The first-order chi connectivity index (χ1) is 13.0. The lowest BCUT2D eigenvalue weighted by Crippen LogP contribution is -2.10. The number of halogens is 3. The Morgan fingerprint density at radius 1 is 1.14 bits per heavy atom. The van der Waals surface area contributed by atoms with Crippen LogP contribution in [-0.4, -0.2) is 25.1 Å². The van der Waals surface area contributed by atoms with Crippen LogP contribution in [0.2, 0.25) is 0 Å². The summed E-state index contributed by atoms with van der Waals surface area (Å²) in [7, 11) is 0. The Bertz CT molecular complexity index is 1090. The topological polar surface area (TPSA) is 123 Å². The molecular formula is C17H12F3N3O5. The lowest BCUT2D eigenvalue weighted by molar-refractivity contribution is -0.385. The number of nitro benzene ring substituents is 1. The number of nitro groups is 1. The van der Waals surface area contributed by atoms with Crippen molar-refractivity contribution in [3.63, 3.8) is 0 Å². The van der Waals surface area contributed by atoms with Gasteiger partial charge in [0.25, 0.3) is 0 Å². The molecule has 1 aromatic carbocycles. The molecule has 3 rings (SSSR count).